The van der Waals surface area contributed by atoms with E-state index in [4.69, 9.17) is 5.41 Å². The van der Waals surface area contributed by atoms with Crippen LogP contribution in [-0.2, 0) is 0 Å². The van der Waals surface area contributed by atoms with Gasteiger partial charge >= 0.3 is 0 Å². The van der Waals surface area contributed by atoms with Crippen LogP contribution >= 0.6 is 0 Å². The zero-order valence-corrected chi connectivity index (χ0v) is 26.4. The predicted molar refractivity (Wildman–Crippen MR) is 202 cm³/mol. The van der Waals surface area contributed by atoms with Crippen molar-refractivity contribution in [3.8, 4) is 17.1 Å². The third kappa shape index (κ3) is 3.52. The molecule has 0 unspecified atom stereocenters. The number of nitrogens with zero attached hydrogens (tertiary/aromatic N) is 3. The Kier molecular flexibility index (Phi) is 5.61. The molecule has 0 radical (unpaired) electrons. The van der Waals surface area contributed by atoms with Crippen LogP contribution < -0.4 is 0 Å². The minimum absolute atomic E-state index is 0.861. The van der Waals surface area contributed by atoms with Crippen LogP contribution in [-0.4, -0.2) is 19.9 Å². The minimum Gasteiger partial charge on any atom is -0.308 e. The molecule has 0 atom stereocenters. The van der Waals surface area contributed by atoms with Crippen molar-refractivity contribution in [1.82, 2.24) is 13.7 Å². The summed E-state index contributed by atoms with van der Waals surface area (Å²) in [5.74, 6) is 0. The van der Waals surface area contributed by atoms with Gasteiger partial charge in [0.15, 0.2) is 0 Å². The first-order valence-corrected chi connectivity index (χ1v) is 16.4. The zero-order valence-electron chi connectivity index (χ0n) is 26.4. The van der Waals surface area contributed by atoms with Gasteiger partial charge in [0.1, 0.15) is 0 Å². The summed E-state index contributed by atoms with van der Waals surface area (Å²) in [7, 11) is 0. The fraction of sp³-hybridized carbons (Fsp3) is 0.0227. The maximum atomic E-state index is 8.90. The maximum absolute atomic E-state index is 8.90. The Morgan fingerprint density at radius 1 is 0.375 bits per heavy atom. The van der Waals surface area contributed by atoms with Gasteiger partial charge < -0.3 is 19.1 Å². The largest absolute Gasteiger partial charge is 0.308 e. The van der Waals surface area contributed by atoms with E-state index in [9.17, 15) is 0 Å². The molecule has 0 spiro atoms. The van der Waals surface area contributed by atoms with Crippen molar-refractivity contribution in [2.75, 3.05) is 0 Å². The molecule has 10 aromatic rings. The summed E-state index contributed by atoms with van der Waals surface area (Å²) in [4.78, 5) is 0. The summed E-state index contributed by atoms with van der Waals surface area (Å²) in [6, 6.07) is 54.3. The van der Waals surface area contributed by atoms with Crippen molar-refractivity contribution in [3.63, 3.8) is 0 Å². The fourth-order valence-electron chi connectivity index (χ4n) is 8.14. The Bertz CT molecular complexity index is 2770. The number of aryl methyl sites for hydroxylation is 1. The van der Waals surface area contributed by atoms with E-state index >= 15 is 0 Å². The van der Waals surface area contributed by atoms with E-state index < -0.39 is 0 Å². The van der Waals surface area contributed by atoms with Crippen molar-refractivity contribution in [3.05, 3.63) is 163 Å². The molecule has 0 aliphatic carbocycles. The van der Waals surface area contributed by atoms with Crippen molar-refractivity contribution < 1.29 is 0 Å². The van der Waals surface area contributed by atoms with Crippen LogP contribution in [0, 0.1) is 12.3 Å². The van der Waals surface area contributed by atoms with Crippen LogP contribution in [0.1, 0.15) is 11.1 Å². The van der Waals surface area contributed by atoms with Gasteiger partial charge in [-0.1, -0.05) is 109 Å². The van der Waals surface area contributed by atoms with E-state index in [0.717, 1.165) is 61.3 Å². The monoisotopic (exact) mass is 614 g/mol. The van der Waals surface area contributed by atoms with Crippen LogP contribution in [0.5, 0.6) is 0 Å². The number of nitrogens with one attached hydrogen (secondary N) is 1. The zero-order chi connectivity index (χ0) is 31.9. The Labute approximate surface area is 276 Å². The highest BCUT2D eigenvalue weighted by Gasteiger charge is 2.27. The molecule has 226 valence electrons. The molecule has 0 saturated carbocycles. The highest BCUT2D eigenvalue weighted by atomic mass is 15.1. The molecule has 0 aliphatic heterocycles. The summed E-state index contributed by atoms with van der Waals surface area (Å²) in [6.07, 6.45) is 1.53. The lowest BCUT2D eigenvalue weighted by Crippen LogP contribution is -2.13. The molecule has 10 rings (SSSR count). The van der Waals surface area contributed by atoms with E-state index in [0.29, 0.717) is 0 Å². The SMILES string of the molecule is Cc1cc(C=N)c(-n2c3ccccc3c3ccccc32)c(-n2c3ccccc3c3ccccc32)c1-n1c2ccccc2c2ccccc21. The number of fused-ring (bicyclic) bond motifs is 9. The molecular weight excluding hydrogens is 585 g/mol. The lowest BCUT2D eigenvalue weighted by atomic mass is 10.0. The Hall–Kier alpha value is -6.39. The summed E-state index contributed by atoms with van der Waals surface area (Å²) in [5, 5.41) is 16.1. The topological polar surface area (TPSA) is 38.6 Å². The molecule has 48 heavy (non-hydrogen) atoms. The van der Waals surface area contributed by atoms with Gasteiger partial charge in [-0.15, -0.1) is 0 Å². The van der Waals surface area contributed by atoms with Crippen LogP contribution in [0.4, 0.5) is 0 Å². The van der Waals surface area contributed by atoms with Gasteiger partial charge in [-0.05, 0) is 55.0 Å². The molecule has 3 heterocycles. The number of hydrogen-bond donors (Lipinski definition) is 1. The van der Waals surface area contributed by atoms with E-state index in [-0.39, 0.29) is 0 Å². The van der Waals surface area contributed by atoms with E-state index in [1.807, 2.05) is 0 Å². The number of aromatic nitrogens is 3. The third-order valence-corrected chi connectivity index (χ3v) is 10.0. The van der Waals surface area contributed by atoms with Crippen LogP contribution in [0.3, 0.4) is 0 Å². The normalized spacial score (nSPS) is 11.9. The quantitative estimate of drug-likeness (QED) is 0.192. The lowest BCUT2D eigenvalue weighted by Gasteiger charge is -2.25. The number of rotatable bonds is 4. The average Bonchev–Trinajstić information content (AvgIpc) is 3.77. The summed E-state index contributed by atoms with van der Waals surface area (Å²) < 4.78 is 7.28. The second kappa shape index (κ2) is 10.1. The Balaban J connectivity index is 1.52. The average molecular weight is 615 g/mol. The summed E-state index contributed by atoms with van der Waals surface area (Å²) in [5.41, 5.74) is 11.9. The van der Waals surface area contributed by atoms with E-state index in [2.05, 4.69) is 172 Å². The van der Waals surface area contributed by atoms with Crippen molar-refractivity contribution in [2.24, 2.45) is 0 Å². The second-order valence-corrected chi connectivity index (χ2v) is 12.6. The molecule has 7 aromatic carbocycles. The lowest BCUT2D eigenvalue weighted by molar-refractivity contribution is 1.03. The van der Waals surface area contributed by atoms with Crippen LogP contribution in [0.15, 0.2) is 152 Å². The first kappa shape index (κ1) is 26.8. The summed E-state index contributed by atoms with van der Waals surface area (Å²) in [6.45, 7) is 2.19. The van der Waals surface area contributed by atoms with Crippen LogP contribution in [0.2, 0.25) is 0 Å². The molecule has 0 amide bonds. The first-order chi connectivity index (χ1) is 23.7. The van der Waals surface area contributed by atoms with Gasteiger partial charge in [-0.2, -0.15) is 0 Å². The highest BCUT2D eigenvalue weighted by Crippen LogP contribution is 2.44. The Morgan fingerprint density at radius 2 is 0.646 bits per heavy atom. The molecule has 0 fully saturated rings. The molecule has 0 aliphatic rings. The number of hydrogen-bond acceptors (Lipinski definition) is 1. The highest BCUT2D eigenvalue weighted by molar-refractivity contribution is 6.14. The predicted octanol–water partition coefficient (Wildman–Crippen LogP) is 11.3. The minimum atomic E-state index is 0.861. The first-order valence-electron chi connectivity index (χ1n) is 16.4. The second-order valence-electron chi connectivity index (χ2n) is 12.6. The van der Waals surface area contributed by atoms with Gasteiger partial charge in [-0.3, -0.25) is 0 Å². The van der Waals surface area contributed by atoms with Crippen molar-refractivity contribution in [1.29, 1.82) is 5.41 Å². The molecule has 0 bridgehead atoms. The van der Waals surface area contributed by atoms with Crippen molar-refractivity contribution >= 4 is 71.6 Å². The Morgan fingerprint density at radius 3 is 0.958 bits per heavy atom. The number of benzene rings is 7. The molecule has 4 nitrogen and oxygen atoms in total. The smallest absolute Gasteiger partial charge is 0.0956 e. The van der Waals surface area contributed by atoms with Gasteiger partial charge in [0.25, 0.3) is 0 Å². The fourth-order valence-corrected chi connectivity index (χ4v) is 8.14. The van der Waals surface area contributed by atoms with Gasteiger partial charge in [0.2, 0.25) is 0 Å². The summed E-state index contributed by atoms with van der Waals surface area (Å²) >= 11 is 0. The standard InChI is InChI=1S/C44H30N4/c1-28-26-29(27-45)43(47-38-22-10-4-16-32(38)33-17-5-11-23-39(33)47)44(48-40-24-12-6-18-34(40)35-19-7-13-25-41(35)48)42(28)46-36-20-8-2-14-30(36)31-15-3-9-21-37(31)46/h2-27,45H,1H3. The van der Waals surface area contributed by atoms with Crippen LogP contribution in [0.25, 0.3) is 82.5 Å². The van der Waals surface area contributed by atoms with Gasteiger partial charge in [-0.25, -0.2) is 0 Å². The van der Waals surface area contributed by atoms with E-state index in [1.165, 1.54) is 38.5 Å². The molecule has 4 heteroatoms. The van der Waals surface area contributed by atoms with Gasteiger partial charge in [0.05, 0.1) is 50.2 Å². The molecule has 3 aromatic heterocycles. The van der Waals surface area contributed by atoms with E-state index in [1.54, 1.807) is 0 Å². The third-order valence-electron chi connectivity index (χ3n) is 10.0. The molecule has 0 saturated heterocycles. The number of para-hydroxylation sites is 6. The van der Waals surface area contributed by atoms with Crippen molar-refractivity contribution in [2.45, 2.75) is 6.92 Å². The molecule has 1 N–H and O–H groups in total. The van der Waals surface area contributed by atoms with Gasteiger partial charge in [0, 0.05) is 44.1 Å². The molecular formula is C44H30N4. The maximum Gasteiger partial charge on any atom is 0.0956 e.